The fraction of sp³-hybridized carbons (Fsp3) is 0.111. The summed E-state index contributed by atoms with van der Waals surface area (Å²) in [6.07, 6.45) is 0.0879. The van der Waals surface area contributed by atoms with Crippen molar-refractivity contribution in [2.75, 3.05) is 5.75 Å². The van der Waals surface area contributed by atoms with Crippen molar-refractivity contribution in [3.63, 3.8) is 0 Å². The Bertz CT molecular complexity index is 944. The highest BCUT2D eigenvalue weighted by molar-refractivity contribution is 7.99. The monoisotopic (exact) mass is 385 g/mol. The van der Waals surface area contributed by atoms with E-state index in [9.17, 15) is 14.0 Å². The van der Waals surface area contributed by atoms with Crippen molar-refractivity contribution in [1.82, 2.24) is 20.1 Å². The molecule has 3 amide bonds. The third-order valence-electron chi connectivity index (χ3n) is 3.57. The van der Waals surface area contributed by atoms with E-state index in [0.29, 0.717) is 22.4 Å². The molecule has 0 aliphatic rings. The van der Waals surface area contributed by atoms with Crippen LogP contribution in [0.15, 0.2) is 59.8 Å². The molecule has 0 atom stereocenters. The van der Waals surface area contributed by atoms with Crippen molar-refractivity contribution in [1.29, 1.82) is 0 Å². The maximum atomic E-state index is 13.3. The van der Waals surface area contributed by atoms with E-state index in [1.54, 1.807) is 16.7 Å². The second kappa shape index (κ2) is 8.45. The average Bonchev–Trinajstić information content (AvgIpc) is 3.06. The Morgan fingerprint density at radius 1 is 1.07 bits per heavy atom. The molecule has 1 heterocycles. The molecular formula is C18H16FN5O2S. The van der Waals surface area contributed by atoms with Gasteiger partial charge in [-0.1, -0.05) is 42.1 Å². The molecule has 7 nitrogen and oxygen atoms in total. The molecular weight excluding hydrogens is 369 g/mol. The van der Waals surface area contributed by atoms with E-state index in [4.69, 9.17) is 5.73 Å². The van der Waals surface area contributed by atoms with Crippen LogP contribution in [-0.4, -0.2) is 32.5 Å². The van der Waals surface area contributed by atoms with Gasteiger partial charge in [-0.3, -0.25) is 14.7 Å². The Morgan fingerprint density at radius 3 is 2.44 bits per heavy atom. The lowest BCUT2D eigenvalue weighted by atomic mass is 10.2. The SMILES string of the molecule is NC(=O)NC(=O)CCSc1nnc(-c2ccccc2)n1-c1ccc(F)cc1. The van der Waals surface area contributed by atoms with Crippen molar-refractivity contribution in [3.05, 3.63) is 60.4 Å². The number of nitrogens with one attached hydrogen (secondary N) is 1. The van der Waals surface area contributed by atoms with Gasteiger partial charge in [0.2, 0.25) is 5.91 Å². The number of urea groups is 1. The van der Waals surface area contributed by atoms with Crippen LogP contribution in [0.3, 0.4) is 0 Å². The molecule has 3 aromatic rings. The fourth-order valence-corrected chi connectivity index (χ4v) is 3.29. The van der Waals surface area contributed by atoms with E-state index >= 15 is 0 Å². The number of benzene rings is 2. The van der Waals surface area contributed by atoms with E-state index in [0.717, 1.165) is 5.56 Å². The molecule has 1 aromatic heterocycles. The summed E-state index contributed by atoms with van der Waals surface area (Å²) in [4.78, 5) is 22.2. The zero-order chi connectivity index (χ0) is 19.2. The molecule has 138 valence electrons. The first kappa shape index (κ1) is 18.6. The maximum Gasteiger partial charge on any atom is 0.318 e. The number of carbonyl (C=O) groups excluding carboxylic acids is 2. The van der Waals surface area contributed by atoms with Gasteiger partial charge in [-0.2, -0.15) is 0 Å². The van der Waals surface area contributed by atoms with Crippen LogP contribution in [0, 0.1) is 5.82 Å². The molecule has 0 spiro atoms. The van der Waals surface area contributed by atoms with Gasteiger partial charge in [0.1, 0.15) is 5.82 Å². The van der Waals surface area contributed by atoms with E-state index in [2.05, 4.69) is 10.2 Å². The molecule has 3 N–H and O–H groups in total. The van der Waals surface area contributed by atoms with Crippen molar-refractivity contribution >= 4 is 23.7 Å². The molecule has 9 heteroatoms. The van der Waals surface area contributed by atoms with Crippen LogP contribution in [0.2, 0.25) is 0 Å². The van der Waals surface area contributed by atoms with Crippen molar-refractivity contribution in [3.8, 4) is 17.1 Å². The highest BCUT2D eigenvalue weighted by Crippen LogP contribution is 2.28. The van der Waals surface area contributed by atoms with Gasteiger partial charge in [-0.25, -0.2) is 9.18 Å². The molecule has 0 bridgehead atoms. The summed E-state index contributed by atoms with van der Waals surface area (Å²) in [5, 5.41) is 11.0. The first-order valence-corrected chi connectivity index (χ1v) is 9.02. The summed E-state index contributed by atoms with van der Waals surface area (Å²) in [6, 6.07) is 14.6. The topological polar surface area (TPSA) is 103 Å². The van der Waals surface area contributed by atoms with Gasteiger partial charge >= 0.3 is 6.03 Å². The number of hydrogen-bond donors (Lipinski definition) is 2. The number of hydrogen-bond acceptors (Lipinski definition) is 5. The molecule has 0 aliphatic carbocycles. The minimum atomic E-state index is -0.883. The lowest BCUT2D eigenvalue weighted by Gasteiger charge is -2.10. The molecule has 0 unspecified atom stereocenters. The quantitative estimate of drug-likeness (QED) is 0.635. The standard InChI is InChI=1S/C18H16FN5O2S/c19-13-6-8-14(9-7-13)24-16(12-4-2-1-3-5-12)22-23-18(24)27-11-10-15(25)21-17(20)26/h1-9H,10-11H2,(H3,20,21,25,26). The number of primary amides is 1. The van der Waals surface area contributed by atoms with Gasteiger partial charge in [0.05, 0.1) is 0 Å². The highest BCUT2D eigenvalue weighted by Gasteiger charge is 2.16. The summed E-state index contributed by atoms with van der Waals surface area (Å²) in [5.41, 5.74) is 6.47. The number of rotatable bonds is 6. The number of halogens is 1. The number of carbonyl (C=O) groups is 2. The molecule has 0 saturated carbocycles. The normalized spacial score (nSPS) is 10.6. The number of amides is 3. The molecule has 0 radical (unpaired) electrons. The molecule has 0 saturated heterocycles. The Hall–Kier alpha value is -3.20. The van der Waals surface area contributed by atoms with Crippen LogP contribution < -0.4 is 11.1 Å². The Balaban J connectivity index is 1.87. The first-order chi connectivity index (χ1) is 13.0. The predicted molar refractivity (Wildman–Crippen MR) is 99.8 cm³/mol. The summed E-state index contributed by atoms with van der Waals surface area (Å²) >= 11 is 1.30. The summed E-state index contributed by atoms with van der Waals surface area (Å²) in [6.45, 7) is 0. The van der Waals surface area contributed by atoms with Crippen LogP contribution in [0.4, 0.5) is 9.18 Å². The van der Waals surface area contributed by atoms with Crippen LogP contribution in [0.25, 0.3) is 17.1 Å². The lowest BCUT2D eigenvalue weighted by molar-refractivity contribution is -0.119. The number of thioether (sulfide) groups is 1. The Morgan fingerprint density at radius 2 is 1.78 bits per heavy atom. The molecule has 0 fully saturated rings. The summed E-state index contributed by atoms with van der Waals surface area (Å²) in [7, 11) is 0. The van der Waals surface area contributed by atoms with Crippen LogP contribution in [0.1, 0.15) is 6.42 Å². The van der Waals surface area contributed by atoms with E-state index in [-0.39, 0.29) is 12.2 Å². The van der Waals surface area contributed by atoms with Crippen LogP contribution >= 0.6 is 11.8 Å². The minimum absolute atomic E-state index is 0.0879. The molecule has 27 heavy (non-hydrogen) atoms. The highest BCUT2D eigenvalue weighted by atomic mass is 32.2. The third kappa shape index (κ3) is 4.70. The average molecular weight is 385 g/mol. The van der Waals surface area contributed by atoms with E-state index in [1.165, 1.54) is 23.9 Å². The molecule has 3 rings (SSSR count). The number of aromatic nitrogens is 3. The number of nitrogens with zero attached hydrogens (tertiary/aromatic N) is 3. The van der Waals surface area contributed by atoms with Gasteiger partial charge in [0, 0.05) is 23.4 Å². The molecule has 0 aliphatic heterocycles. The molecule has 2 aromatic carbocycles. The summed E-state index contributed by atoms with van der Waals surface area (Å²) in [5.74, 6) is 0.163. The Kier molecular flexibility index (Phi) is 5.82. The predicted octanol–water partition coefficient (Wildman–Crippen LogP) is 2.75. The maximum absolute atomic E-state index is 13.3. The smallest absolute Gasteiger partial charge is 0.318 e. The zero-order valence-corrected chi connectivity index (χ0v) is 14.9. The van der Waals surface area contributed by atoms with Gasteiger partial charge in [-0.05, 0) is 24.3 Å². The van der Waals surface area contributed by atoms with Gasteiger partial charge in [0.25, 0.3) is 0 Å². The second-order valence-corrected chi connectivity index (χ2v) is 6.56. The van der Waals surface area contributed by atoms with Crippen molar-refractivity contribution in [2.45, 2.75) is 11.6 Å². The number of nitrogens with two attached hydrogens (primary N) is 1. The lowest BCUT2D eigenvalue weighted by Crippen LogP contribution is -2.35. The second-order valence-electron chi connectivity index (χ2n) is 5.49. The van der Waals surface area contributed by atoms with Gasteiger partial charge < -0.3 is 5.73 Å². The largest absolute Gasteiger partial charge is 0.351 e. The minimum Gasteiger partial charge on any atom is -0.351 e. The zero-order valence-electron chi connectivity index (χ0n) is 14.1. The fourth-order valence-electron chi connectivity index (χ4n) is 2.40. The van der Waals surface area contributed by atoms with E-state index in [1.807, 2.05) is 35.6 Å². The summed E-state index contributed by atoms with van der Waals surface area (Å²) < 4.78 is 15.1. The van der Waals surface area contributed by atoms with Crippen LogP contribution in [0.5, 0.6) is 0 Å². The first-order valence-electron chi connectivity index (χ1n) is 8.03. The van der Waals surface area contributed by atoms with Gasteiger partial charge in [-0.15, -0.1) is 10.2 Å². The van der Waals surface area contributed by atoms with Crippen molar-refractivity contribution in [2.24, 2.45) is 5.73 Å². The van der Waals surface area contributed by atoms with Crippen molar-refractivity contribution < 1.29 is 14.0 Å². The van der Waals surface area contributed by atoms with Gasteiger partial charge in [0.15, 0.2) is 11.0 Å². The number of imide groups is 1. The van der Waals surface area contributed by atoms with E-state index < -0.39 is 11.9 Å². The van der Waals surface area contributed by atoms with Crippen LogP contribution in [-0.2, 0) is 4.79 Å². The third-order valence-corrected chi connectivity index (χ3v) is 4.50. The Labute approximate surface area is 158 Å².